The minimum Gasteiger partial charge on any atom is -0.320 e. The van der Waals surface area contributed by atoms with E-state index >= 15 is 0 Å². The average molecular weight is 223 g/mol. The number of nitrogens with two attached hydrogens (primary N) is 1. The molecule has 0 radical (unpaired) electrons. The van der Waals surface area contributed by atoms with Gasteiger partial charge in [0.1, 0.15) is 0 Å². The van der Waals surface area contributed by atoms with Crippen LogP contribution in [-0.4, -0.2) is 0 Å². The molecule has 1 atom stereocenters. The third-order valence-corrected chi connectivity index (χ3v) is 3.91. The van der Waals surface area contributed by atoms with Gasteiger partial charge >= 0.3 is 0 Å². The Labute approximate surface area is 102 Å². The largest absolute Gasteiger partial charge is 0.320 e. The van der Waals surface area contributed by atoms with Crippen LogP contribution in [0.5, 0.6) is 0 Å². The van der Waals surface area contributed by atoms with Crippen molar-refractivity contribution < 1.29 is 0 Å². The van der Waals surface area contributed by atoms with Gasteiger partial charge in [-0.15, -0.1) is 0 Å². The minimum absolute atomic E-state index is 0.0409. The lowest BCUT2D eigenvalue weighted by molar-refractivity contribution is 0.898. The van der Waals surface area contributed by atoms with Crippen LogP contribution >= 0.6 is 0 Å². The third kappa shape index (κ3) is 1.36. The van der Waals surface area contributed by atoms with Gasteiger partial charge in [-0.3, -0.25) is 0 Å². The fourth-order valence-electron chi connectivity index (χ4n) is 2.79. The van der Waals surface area contributed by atoms with E-state index in [-0.39, 0.29) is 6.04 Å². The number of rotatable bonds is 0. The van der Waals surface area contributed by atoms with E-state index in [0.717, 1.165) is 0 Å². The molecule has 3 rings (SSSR count). The van der Waals surface area contributed by atoms with Gasteiger partial charge in [-0.2, -0.15) is 0 Å². The molecule has 1 unspecified atom stereocenters. The minimum atomic E-state index is 0.0409. The number of benzene rings is 2. The Kier molecular flexibility index (Phi) is 2.14. The lowest BCUT2D eigenvalue weighted by Crippen LogP contribution is -2.08. The van der Waals surface area contributed by atoms with Crippen LogP contribution in [0.3, 0.4) is 0 Å². The number of aryl methyl sites for hydroxylation is 2. The van der Waals surface area contributed by atoms with E-state index in [0.29, 0.717) is 0 Å². The maximum Gasteiger partial charge on any atom is 0.0564 e. The zero-order chi connectivity index (χ0) is 12.2. The summed E-state index contributed by atoms with van der Waals surface area (Å²) < 4.78 is 0. The molecule has 1 aliphatic carbocycles. The molecule has 1 nitrogen and oxygen atoms in total. The van der Waals surface area contributed by atoms with Gasteiger partial charge in [-0.05, 0) is 54.2 Å². The quantitative estimate of drug-likeness (QED) is 0.725. The molecule has 0 bridgehead atoms. The van der Waals surface area contributed by atoms with Crippen LogP contribution in [0, 0.1) is 20.8 Å². The molecule has 0 amide bonds. The Morgan fingerprint density at radius 3 is 2.47 bits per heavy atom. The highest BCUT2D eigenvalue weighted by Crippen LogP contribution is 2.44. The molecule has 17 heavy (non-hydrogen) atoms. The Morgan fingerprint density at radius 2 is 1.71 bits per heavy atom. The van der Waals surface area contributed by atoms with Crippen LogP contribution in [0.1, 0.15) is 33.9 Å². The molecular formula is C16H17N. The molecule has 2 N–H and O–H groups in total. The summed E-state index contributed by atoms with van der Waals surface area (Å²) in [5, 5.41) is 0. The lowest BCUT2D eigenvalue weighted by Gasteiger charge is -2.09. The van der Waals surface area contributed by atoms with Gasteiger partial charge in [-0.25, -0.2) is 0 Å². The molecule has 1 heteroatoms. The predicted octanol–water partition coefficient (Wildman–Crippen LogP) is 3.64. The van der Waals surface area contributed by atoms with Crippen molar-refractivity contribution in [3.63, 3.8) is 0 Å². The molecule has 0 saturated carbocycles. The summed E-state index contributed by atoms with van der Waals surface area (Å²) in [6.07, 6.45) is 0. The fourth-order valence-corrected chi connectivity index (χ4v) is 2.79. The highest BCUT2D eigenvalue weighted by Gasteiger charge is 2.27. The van der Waals surface area contributed by atoms with E-state index < -0.39 is 0 Å². The maximum atomic E-state index is 6.35. The highest BCUT2D eigenvalue weighted by atomic mass is 14.7. The van der Waals surface area contributed by atoms with E-state index in [1.54, 1.807) is 0 Å². The summed E-state index contributed by atoms with van der Waals surface area (Å²) in [4.78, 5) is 0. The normalized spacial score (nSPS) is 16.8. The van der Waals surface area contributed by atoms with Crippen LogP contribution in [0.2, 0.25) is 0 Å². The standard InChI is InChI=1S/C16H17N/c1-9-4-6-12-14(8-9)16(17)13-7-5-10(2)11(3)15(12)13/h4-8,16H,17H2,1-3H3. The SMILES string of the molecule is Cc1ccc2c(c1)C(N)c1ccc(C)c(C)c1-2. The molecule has 0 saturated heterocycles. The molecule has 0 fully saturated rings. The van der Waals surface area contributed by atoms with E-state index in [9.17, 15) is 0 Å². The van der Waals surface area contributed by atoms with Crippen LogP contribution in [0.15, 0.2) is 30.3 Å². The predicted molar refractivity (Wildman–Crippen MR) is 72.1 cm³/mol. The topological polar surface area (TPSA) is 26.0 Å². The zero-order valence-electron chi connectivity index (χ0n) is 10.5. The van der Waals surface area contributed by atoms with Crippen molar-refractivity contribution in [2.45, 2.75) is 26.8 Å². The third-order valence-electron chi connectivity index (χ3n) is 3.91. The second kappa shape index (κ2) is 3.44. The average Bonchev–Trinajstić information content (AvgIpc) is 2.58. The van der Waals surface area contributed by atoms with Crippen LogP contribution in [0.4, 0.5) is 0 Å². The number of hydrogen-bond acceptors (Lipinski definition) is 1. The first-order valence-electron chi connectivity index (χ1n) is 6.06. The van der Waals surface area contributed by atoms with Gasteiger partial charge < -0.3 is 5.73 Å². The van der Waals surface area contributed by atoms with Crippen molar-refractivity contribution in [1.29, 1.82) is 0 Å². The van der Waals surface area contributed by atoms with Gasteiger partial charge in [0, 0.05) is 0 Å². The summed E-state index contributed by atoms with van der Waals surface area (Å²) in [6.45, 7) is 6.47. The van der Waals surface area contributed by atoms with Gasteiger partial charge in [0.25, 0.3) is 0 Å². The molecular weight excluding hydrogens is 206 g/mol. The first kappa shape index (κ1) is 10.5. The van der Waals surface area contributed by atoms with E-state index in [1.807, 2.05) is 0 Å². The summed E-state index contributed by atoms with van der Waals surface area (Å²) in [5.74, 6) is 0. The molecule has 0 aliphatic heterocycles. The molecule has 0 spiro atoms. The Morgan fingerprint density at radius 1 is 0.941 bits per heavy atom. The van der Waals surface area contributed by atoms with E-state index in [4.69, 9.17) is 5.73 Å². The second-order valence-corrected chi connectivity index (χ2v) is 5.04. The summed E-state index contributed by atoms with van der Waals surface area (Å²) >= 11 is 0. The van der Waals surface area contributed by atoms with Crippen LogP contribution in [-0.2, 0) is 0 Å². The van der Waals surface area contributed by atoms with Crippen molar-refractivity contribution in [3.05, 3.63) is 58.1 Å². The monoisotopic (exact) mass is 223 g/mol. The van der Waals surface area contributed by atoms with Crippen LogP contribution < -0.4 is 5.73 Å². The molecule has 0 aromatic heterocycles. The first-order valence-corrected chi connectivity index (χ1v) is 6.06. The molecule has 2 aromatic carbocycles. The Balaban J connectivity index is 2.37. The lowest BCUT2D eigenvalue weighted by atomic mass is 9.96. The van der Waals surface area contributed by atoms with Gasteiger partial charge in [0.2, 0.25) is 0 Å². The van der Waals surface area contributed by atoms with Crippen molar-refractivity contribution in [3.8, 4) is 11.1 Å². The van der Waals surface area contributed by atoms with Crippen LogP contribution in [0.25, 0.3) is 11.1 Å². The Bertz CT molecular complexity index is 611. The van der Waals surface area contributed by atoms with Gasteiger partial charge in [0.15, 0.2) is 0 Å². The fraction of sp³-hybridized carbons (Fsp3) is 0.250. The van der Waals surface area contributed by atoms with Crippen molar-refractivity contribution in [2.24, 2.45) is 5.73 Å². The number of fused-ring (bicyclic) bond motifs is 3. The summed E-state index contributed by atoms with van der Waals surface area (Å²) in [5.41, 5.74) is 15.5. The summed E-state index contributed by atoms with van der Waals surface area (Å²) in [7, 11) is 0. The van der Waals surface area contributed by atoms with E-state index in [2.05, 4.69) is 51.1 Å². The zero-order valence-corrected chi connectivity index (χ0v) is 10.5. The molecule has 2 aromatic rings. The molecule has 1 aliphatic rings. The van der Waals surface area contributed by atoms with E-state index in [1.165, 1.54) is 38.9 Å². The molecule has 86 valence electrons. The molecule has 0 heterocycles. The smallest absolute Gasteiger partial charge is 0.0564 e. The van der Waals surface area contributed by atoms with Crippen molar-refractivity contribution in [2.75, 3.05) is 0 Å². The Hall–Kier alpha value is -1.60. The maximum absolute atomic E-state index is 6.35. The van der Waals surface area contributed by atoms with Gasteiger partial charge in [-0.1, -0.05) is 35.9 Å². The highest BCUT2D eigenvalue weighted by molar-refractivity contribution is 5.82. The van der Waals surface area contributed by atoms with Gasteiger partial charge in [0.05, 0.1) is 6.04 Å². The first-order chi connectivity index (χ1) is 8.09. The van der Waals surface area contributed by atoms with Crippen molar-refractivity contribution >= 4 is 0 Å². The second-order valence-electron chi connectivity index (χ2n) is 5.04. The van der Waals surface area contributed by atoms with Crippen molar-refractivity contribution in [1.82, 2.24) is 0 Å². The summed E-state index contributed by atoms with van der Waals surface area (Å²) in [6, 6.07) is 11.0. The number of hydrogen-bond donors (Lipinski definition) is 1.